The fourth-order valence-corrected chi connectivity index (χ4v) is 2.83. The summed E-state index contributed by atoms with van der Waals surface area (Å²) in [6.45, 7) is 1.83. The standard InChI is InChI=1S/C16H17N3O4/c1-9-7-12-17-15(20)13(16(21)23-3)14(19(12)18-9)10-5-4-6-11(8-10)22-2/h4-8,13-14H,1-3H3,(H,17,20). The van der Waals surface area contributed by atoms with Crippen molar-refractivity contribution in [1.82, 2.24) is 9.78 Å². The Morgan fingerprint density at radius 1 is 1.30 bits per heavy atom. The van der Waals surface area contributed by atoms with Crippen molar-refractivity contribution in [3.63, 3.8) is 0 Å². The summed E-state index contributed by atoms with van der Waals surface area (Å²) in [5, 5.41) is 7.12. The minimum Gasteiger partial charge on any atom is -0.497 e. The van der Waals surface area contributed by atoms with Gasteiger partial charge in [-0.25, -0.2) is 4.68 Å². The minimum absolute atomic E-state index is 0.405. The highest BCUT2D eigenvalue weighted by Gasteiger charge is 2.43. The number of carbonyl (C=O) groups excluding carboxylic acids is 2. The Morgan fingerprint density at radius 3 is 2.78 bits per heavy atom. The number of hydrogen-bond donors (Lipinski definition) is 1. The number of hydrogen-bond acceptors (Lipinski definition) is 5. The van der Waals surface area contributed by atoms with Gasteiger partial charge in [-0.1, -0.05) is 12.1 Å². The van der Waals surface area contributed by atoms with Crippen molar-refractivity contribution in [2.75, 3.05) is 19.5 Å². The number of rotatable bonds is 3. The molecule has 0 saturated carbocycles. The number of esters is 1. The number of aryl methyl sites for hydroxylation is 1. The summed E-state index contributed by atoms with van der Waals surface area (Å²) in [6.07, 6.45) is 0. The van der Waals surface area contributed by atoms with Crippen LogP contribution in [0.1, 0.15) is 17.3 Å². The van der Waals surface area contributed by atoms with Gasteiger partial charge in [0.15, 0.2) is 5.92 Å². The maximum Gasteiger partial charge on any atom is 0.320 e. The molecule has 2 aromatic rings. The molecule has 0 spiro atoms. The second kappa shape index (κ2) is 5.75. The lowest BCUT2D eigenvalue weighted by Gasteiger charge is -2.31. The molecule has 1 aliphatic heterocycles. The molecule has 7 nitrogen and oxygen atoms in total. The molecule has 1 aliphatic rings. The van der Waals surface area contributed by atoms with Crippen molar-refractivity contribution in [2.45, 2.75) is 13.0 Å². The zero-order valence-electron chi connectivity index (χ0n) is 13.1. The largest absolute Gasteiger partial charge is 0.497 e. The molecule has 2 atom stereocenters. The van der Waals surface area contributed by atoms with Gasteiger partial charge in [-0.05, 0) is 24.6 Å². The van der Waals surface area contributed by atoms with E-state index in [4.69, 9.17) is 9.47 Å². The highest BCUT2D eigenvalue weighted by molar-refractivity contribution is 6.06. The van der Waals surface area contributed by atoms with Crippen LogP contribution in [0.3, 0.4) is 0 Å². The Kier molecular flexibility index (Phi) is 3.77. The Labute approximate surface area is 133 Å². The van der Waals surface area contributed by atoms with Crippen LogP contribution >= 0.6 is 0 Å². The molecule has 0 fully saturated rings. The Bertz CT molecular complexity index is 768. The maximum absolute atomic E-state index is 12.4. The quantitative estimate of drug-likeness (QED) is 0.686. The first kappa shape index (κ1) is 15.1. The van der Waals surface area contributed by atoms with Crippen LogP contribution in [0.5, 0.6) is 5.75 Å². The molecule has 1 N–H and O–H groups in total. The van der Waals surface area contributed by atoms with Gasteiger partial charge in [-0.3, -0.25) is 9.59 Å². The summed E-state index contributed by atoms with van der Waals surface area (Å²) in [7, 11) is 2.83. The molecular weight excluding hydrogens is 298 g/mol. The number of ether oxygens (including phenoxy) is 2. The van der Waals surface area contributed by atoms with Gasteiger partial charge in [0.2, 0.25) is 5.91 Å². The van der Waals surface area contributed by atoms with E-state index in [9.17, 15) is 9.59 Å². The monoisotopic (exact) mass is 315 g/mol. The number of methoxy groups -OCH3 is 2. The summed E-state index contributed by atoms with van der Waals surface area (Å²) >= 11 is 0. The van der Waals surface area contributed by atoms with Gasteiger partial charge in [0.1, 0.15) is 17.6 Å². The molecule has 0 aliphatic carbocycles. The first-order chi connectivity index (χ1) is 11.0. The molecule has 3 rings (SSSR count). The SMILES string of the molecule is COC(=O)C1C(=O)Nc2cc(C)nn2C1c1cccc(OC)c1. The first-order valence-electron chi connectivity index (χ1n) is 7.14. The summed E-state index contributed by atoms with van der Waals surface area (Å²) in [6, 6.07) is 8.41. The van der Waals surface area contributed by atoms with E-state index >= 15 is 0 Å². The fraction of sp³-hybridized carbons (Fsp3) is 0.312. The maximum atomic E-state index is 12.4. The highest BCUT2D eigenvalue weighted by Crippen LogP contribution is 2.36. The van der Waals surface area contributed by atoms with Crippen molar-refractivity contribution in [2.24, 2.45) is 5.92 Å². The second-order valence-electron chi connectivity index (χ2n) is 5.33. The average molecular weight is 315 g/mol. The number of fused-ring (bicyclic) bond motifs is 1. The number of aromatic nitrogens is 2. The van der Waals surface area contributed by atoms with Gasteiger partial charge in [0.25, 0.3) is 0 Å². The number of carbonyl (C=O) groups is 2. The molecule has 7 heteroatoms. The summed E-state index contributed by atoms with van der Waals surface area (Å²) < 4.78 is 11.7. The van der Waals surface area contributed by atoms with Gasteiger partial charge >= 0.3 is 5.97 Å². The smallest absolute Gasteiger partial charge is 0.320 e. The van der Waals surface area contributed by atoms with Crippen molar-refractivity contribution < 1.29 is 19.1 Å². The van der Waals surface area contributed by atoms with Crippen LogP contribution in [-0.2, 0) is 14.3 Å². The molecule has 0 saturated heterocycles. The first-order valence-corrected chi connectivity index (χ1v) is 7.14. The van der Waals surface area contributed by atoms with Crippen LogP contribution in [0.4, 0.5) is 5.82 Å². The van der Waals surface area contributed by atoms with E-state index in [1.54, 1.807) is 30.0 Å². The number of benzene rings is 1. The third-order valence-corrected chi connectivity index (χ3v) is 3.86. The van der Waals surface area contributed by atoms with Gasteiger partial charge < -0.3 is 14.8 Å². The normalized spacial score (nSPS) is 19.7. The predicted molar refractivity (Wildman–Crippen MR) is 82.2 cm³/mol. The second-order valence-corrected chi connectivity index (χ2v) is 5.33. The molecule has 2 unspecified atom stereocenters. The lowest BCUT2D eigenvalue weighted by molar-refractivity contribution is -0.150. The molecule has 1 aromatic heterocycles. The van der Waals surface area contributed by atoms with E-state index < -0.39 is 23.8 Å². The topological polar surface area (TPSA) is 82.5 Å². The number of nitrogens with zero attached hydrogens (tertiary/aromatic N) is 2. The van der Waals surface area contributed by atoms with Crippen LogP contribution in [0, 0.1) is 12.8 Å². The van der Waals surface area contributed by atoms with Gasteiger partial charge in [-0.2, -0.15) is 5.10 Å². The average Bonchev–Trinajstić information content (AvgIpc) is 2.92. The van der Waals surface area contributed by atoms with E-state index in [2.05, 4.69) is 10.4 Å². The lowest BCUT2D eigenvalue weighted by atomic mass is 9.90. The van der Waals surface area contributed by atoms with E-state index in [1.165, 1.54) is 7.11 Å². The zero-order chi connectivity index (χ0) is 16.6. The Balaban J connectivity index is 2.17. The van der Waals surface area contributed by atoms with E-state index in [0.717, 1.165) is 11.3 Å². The fourth-order valence-electron chi connectivity index (χ4n) is 2.83. The molecule has 2 heterocycles. The van der Waals surface area contributed by atoms with Gasteiger partial charge in [0.05, 0.1) is 19.9 Å². The van der Waals surface area contributed by atoms with Gasteiger partial charge in [0, 0.05) is 6.07 Å². The number of anilines is 1. The summed E-state index contributed by atoms with van der Waals surface area (Å²) in [5.74, 6) is -0.826. The van der Waals surface area contributed by atoms with E-state index in [1.807, 2.05) is 19.1 Å². The van der Waals surface area contributed by atoms with Crippen LogP contribution in [0.2, 0.25) is 0 Å². The molecule has 0 bridgehead atoms. The minimum atomic E-state index is -1.01. The van der Waals surface area contributed by atoms with Crippen molar-refractivity contribution in [1.29, 1.82) is 0 Å². The highest BCUT2D eigenvalue weighted by atomic mass is 16.5. The molecule has 1 aromatic carbocycles. The Morgan fingerprint density at radius 2 is 2.09 bits per heavy atom. The van der Waals surface area contributed by atoms with Crippen molar-refractivity contribution in [3.05, 3.63) is 41.6 Å². The van der Waals surface area contributed by atoms with Crippen LogP contribution < -0.4 is 10.1 Å². The molecule has 1 amide bonds. The third-order valence-electron chi connectivity index (χ3n) is 3.86. The Hall–Kier alpha value is -2.83. The van der Waals surface area contributed by atoms with E-state index in [-0.39, 0.29) is 0 Å². The van der Waals surface area contributed by atoms with Crippen LogP contribution in [-0.4, -0.2) is 35.9 Å². The predicted octanol–water partition coefficient (Wildman–Crippen LogP) is 1.53. The molecule has 120 valence electrons. The summed E-state index contributed by atoms with van der Waals surface area (Å²) in [5.41, 5.74) is 1.50. The molecular formula is C16H17N3O4. The number of nitrogens with one attached hydrogen (secondary N) is 1. The zero-order valence-corrected chi connectivity index (χ0v) is 13.1. The third kappa shape index (κ3) is 2.54. The lowest BCUT2D eigenvalue weighted by Crippen LogP contribution is -2.43. The van der Waals surface area contributed by atoms with Crippen LogP contribution in [0.15, 0.2) is 30.3 Å². The molecule has 0 radical (unpaired) electrons. The van der Waals surface area contributed by atoms with Crippen molar-refractivity contribution in [3.8, 4) is 5.75 Å². The number of amides is 1. The van der Waals surface area contributed by atoms with Gasteiger partial charge in [-0.15, -0.1) is 0 Å². The molecule has 23 heavy (non-hydrogen) atoms. The summed E-state index contributed by atoms with van der Waals surface area (Å²) in [4.78, 5) is 24.6. The van der Waals surface area contributed by atoms with Crippen molar-refractivity contribution >= 4 is 17.7 Å². The van der Waals surface area contributed by atoms with E-state index in [0.29, 0.717) is 11.6 Å². The van der Waals surface area contributed by atoms with Crippen LogP contribution in [0.25, 0.3) is 0 Å².